The van der Waals surface area contributed by atoms with E-state index in [-0.39, 0.29) is 11.1 Å². The maximum atomic E-state index is 6.22. The van der Waals surface area contributed by atoms with E-state index < -0.39 is 0 Å². The Morgan fingerprint density at radius 2 is 1.69 bits per heavy atom. The molecule has 0 heterocycles. The van der Waals surface area contributed by atoms with Crippen LogP contribution in [0.1, 0.15) is 67.2 Å². The van der Waals surface area contributed by atoms with Crippen LogP contribution in [0.2, 0.25) is 0 Å². The van der Waals surface area contributed by atoms with Gasteiger partial charge in [0.25, 0.3) is 0 Å². The molecule has 3 unspecified atom stereocenters. The van der Waals surface area contributed by atoms with Crippen LogP contribution in [0, 0.1) is 5.92 Å². The molecule has 0 aliphatic rings. The molecule has 0 rings (SSSR count). The summed E-state index contributed by atoms with van der Waals surface area (Å²) in [4.78, 5) is 0. The van der Waals surface area contributed by atoms with Gasteiger partial charge in [-0.2, -0.15) is 0 Å². The maximum Gasteiger partial charge on any atom is 0.0652 e. The zero-order chi connectivity index (χ0) is 12.8. The highest BCUT2D eigenvalue weighted by atomic mass is 16.5. The van der Waals surface area contributed by atoms with Gasteiger partial charge in [-0.3, -0.25) is 0 Å². The fourth-order valence-corrected chi connectivity index (χ4v) is 1.74. The summed E-state index contributed by atoms with van der Waals surface area (Å²) >= 11 is 0. The van der Waals surface area contributed by atoms with Crippen LogP contribution in [0.15, 0.2) is 0 Å². The van der Waals surface area contributed by atoms with Crippen LogP contribution in [0.25, 0.3) is 0 Å². The zero-order valence-corrected chi connectivity index (χ0v) is 12.1. The molecule has 0 radical (unpaired) electrons. The molecule has 3 atom stereocenters. The van der Waals surface area contributed by atoms with Crippen LogP contribution >= 0.6 is 0 Å². The normalized spacial score (nSPS) is 21.2. The van der Waals surface area contributed by atoms with E-state index in [9.17, 15) is 0 Å². The van der Waals surface area contributed by atoms with E-state index in [1.165, 1.54) is 6.42 Å². The Kier molecular flexibility index (Phi) is 6.57. The molecule has 0 aliphatic carbocycles. The lowest BCUT2D eigenvalue weighted by atomic mass is 9.86. The van der Waals surface area contributed by atoms with E-state index >= 15 is 0 Å². The quantitative estimate of drug-likeness (QED) is 0.688. The first kappa shape index (κ1) is 15.9. The molecule has 0 spiro atoms. The van der Waals surface area contributed by atoms with Crippen LogP contribution in [-0.4, -0.2) is 17.7 Å². The summed E-state index contributed by atoms with van der Waals surface area (Å²) in [5.74, 6) is 0.403. The third-order valence-corrected chi connectivity index (χ3v) is 4.10. The third kappa shape index (κ3) is 4.84. The molecule has 0 saturated carbocycles. The largest absolute Gasteiger partial charge is 0.375 e. The van der Waals surface area contributed by atoms with Crippen molar-refractivity contribution in [2.45, 2.75) is 78.4 Å². The van der Waals surface area contributed by atoms with Gasteiger partial charge in [0.15, 0.2) is 0 Å². The second-order valence-electron chi connectivity index (χ2n) is 5.62. The summed E-state index contributed by atoms with van der Waals surface area (Å²) < 4.78 is 6.09. The molecule has 98 valence electrons. The number of hydrogen-bond acceptors (Lipinski definition) is 2. The third-order valence-electron chi connectivity index (χ3n) is 4.10. The Hall–Kier alpha value is -0.0800. The Morgan fingerprint density at radius 3 is 2.06 bits per heavy atom. The second kappa shape index (κ2) is 6.61. The van der Waals surface area contributed by atoms with Crippen LogP contribution in [0.3, 0.4) is 0 Å². The van der Waals surface area contributed by atoms with Crippen molar-refractivity contribution >= 4 is 0 Å². The van der Waals surface area contributed by atoms with Gasteiger partial charge >= 0.3 is 0 Å². The van der Waals surface area contributed by atoms with E-state index in [2.05, 4.69) is 41.5 Å². The summed E-state index contributed by atoms with van der Waals surface area (Å²) in [5.41, 5.74) is 6.15. The maximum absolute atomic E-state index is 6.22. The highest BCUT2D eigenvalue weighted by molar-refractivity contribution is 4.84. The number of hydrogen-bond donors (Lipinski definition) is 1. The molecular weight excluding hydrogens is 198 g/mol. The molecule has 0 amide bonds. The van der Waals surface area contributed by atoms with Gasteiger partial charge in [-0.25, -0.2) is 0 Å². The lowest BCUT2D eigenvalue weighted by Crippen LogP contribution is -2.45. The number of nitrogens with two attached hydrogens (primary N) is 1. The van der Waals surface area contributed by atoms with Gasteiger partial charge in [-0.05, 0) is 39.0 Å². The molecule has 2 heteroatoms. The Bertz CT molecular complexity index is 191. The highest BCUT2D eigenvalue weighted by Crippen LogP contribution is 2.25. The van der Waals surface area contributed by atoms with Crippen LogP contribution in [0.4, 0.5) is 0 Å². The molecule has 0 bridgehead atoms. The molecular formula is C14H31NO. The van der Waals surface area contributed by atoms with Crippen molar-refractivity contribution in [1.82, 2.24) is 0 Å². The SMILES string of the molecule is CCCC(C)(CC)OCC(C)C(C)(N)CC. The highest BCUT2D eigenvalue weighted by Gasteiger charge is 2.28. The average molecular weight is 229 g/mol. The minimum Gasteiger partial charge on any atom is -0.375 e. The monoisotopic (exact) mass is 229 g/mol. The minimum atomic E-state index is -0.110. The lowest BCUT2D eigenvalue weighted by Gasteiger charge is -2.35. The molecule has 0 aromatic heterocycles. The topological polar surface area (TPSA) is 35.2 Å². The van der Waals surface area contributed by atoms with Gasteiger partial charge in [0.2, 0.25) is 0 Å². The summed E-state index contributed by atoms with van der Waals surface area (Å²) in [6.07, 6.45) is 4.37. The molecule has 0 fully saturated rings. The van der Waals surface area contributed by atoms with Gasteiger partial charge in [0.1, 0.15) is 0 Å². The predicted octanol–water partition coefficient (Wildman–Crippen LogP) is 3.74. The Balaban J connectivity index is 4.21. The lowest BCUT2D eigenvalue weighted by molar-refractivity contribution is -0.0631. The fraction of sp³-hybridized carbons (Fsp3) is 1.00. The van der Waals surface area contributed by atoms with Gasteiger partial charge < -0.3 is 10.5 Å². The van der Waals surface area contributed by atoms with E-state index in [0.717, 1.165) is 25.9 Å². The predicted molar refractivity (Wildman–Crippen MR) is 71.6 cm³/mol. The van der Waals surface area contributed by atoms with Crippen molar-refractivity contribution in [1.29, 1.82) is 0 Å². The second-order valence-corrected chi connectivity index (χ2v) is 5.62. The van der Waals surface area contributed by atoms with Gasteiger partial charge in [0.05, 0.1) is 12.2 Å². The number of ether oxygens (including phenoxy) is 1. The summed E-state index contributed by atoms with van der Waals surface area (Å²) in [6.45, 7) is 13.8. The van der Waals surface area contributed by atoms with Crippen molar-refractivity contribution in [3.63, 3.8) is 0 Å². The Morgan fingerprint density at radius 1 is 1.12 bits per heavy atom. The van der Waals surface area contributed by atoms with E-state index in [0.29, 0.717) is 5.92 Å². The smallest absolute Gasteiger partial charge is 0.0652 e. The Labute approximate surface area is 102 Å². The summed E-state index contributed by atoms with van der Waals surface area (Å²) in [7, 11) is 0. The van der Waals surface area contributed by atoms with Crippen molar-refractivity contribution in [3.8, 4) is 0 Å². The van der Waals surface area contributed by atoms with E-state index in [4.69, 9.17) is 10.5 Å². The first-order chi connectivity index (χ1) is 7.31. The summed E-state index contributed by atoms with van der Waals surface area (Å²) in [5, 5.41) is 0. The standard InChI is InChI=1S/C14H31NO/c1-7-10-13(5,8-2)16-11-12(4)14(6,15)9-3/h12H,7-11,15H2,1-6H3. The van der Waals surface area contributed by atoms with Crippen molar-refractivity contribution in [2.75, 3.05) is 6.61 Å². The van der Waals surface area contributed by atoms with Gasteiger partial charge in [-0.1, -0.05) is 34.1 Å². The summed E-state index contributed by atoms with van der Waals surface area (Å²) in [6, 6.07) is 0. The molecule has 0 saturated heterocycles. The first-order valence-corrected chi connectivity index (χ1v) is 6.74. The van der Waals surface area contributed by atoms with Crippen molar-refractivity contribution in [2.24, 2.45) is 11.7 Å². The number of rotatable bonds is 8. The molecule has 2 nitrogen and oxygen atoms in total. The minimum absolute atomic E-state index is 0.0346. The van der Waals surface area contributed by atoms with Crippen molar-refractivity contribution < 1.29 is 4.74 Å². The van der Waals surface area contributed by atoms with Crippen molar-refractivity contribution in [3.05, 3.63) is 0 Å². The molecule has 2 N–H and O–H groups in total. The average Bonchev–Trinajstić information content (AvgIpc) is 2.26. The molecule has 16 heavy (non-hydrogen) atoms. The van der Waals surface area contributed by atoms with Gasteiger partial charge in [-0.15, -0.1) is 0 Å². The van der Waals surface area contributed by atoms with Crippen LogP contribution < -0.4 is 5.73 Å². The van der Waals surface area contributed by atoms with Gasteiger partial charge in [0, 0.05) is 5.54 Å². The first-order valence-electron chi connectivity index (χ1n) is 6.74. The van der Waals surface area contributed by atoms with Crippen LogP contribution in [-0.2, 0) is 4.74 Å². The molecule has 0 aromatic rings. The molecule has 0 aromatic carbocycles. The zero-order valence-electron chi connectivity index (χ0n) is 12.1. The molecule has 0 aliphatic heterocycles. The van der Waals surface area contributed by atoms with E-state index in [1.807, 2.05) is 0 Å². The van der Waals surface area contributed by atoms with Crippen LogP contribution in [0.5, 0.6) is 0 Å². The van der Waals surface area contributed by atoms with E-state index in [1.54, 1.807) is 0 Å². The fourth-order valence-electron chi connectivity index (χ4n) is 1.74.